The van der Waals surface area contributed by atoms with Crippen molar-refractivity contribution >= 4 is 17.3 Å². The summed E-state index contributed by atoms with van der Waals surface area (Å²) in [5.74, 6) is 0.474. The number of hydrogen-bond acceptors (Lipinski definition) is 3. The fraction of sp³-hybridized carbons (Fsp3) is 0.615. The van der Waals surface area contributed by atoms with E-state index in [1.54, 1.807) is 0 Å². The maximum absolute atomic E-state index is 5.82. The number of nitrogens with zero attached hydrogens (tertiary/aromatic N) is 3. The molecule has 0 aromatic carbocycles. The molecule has 17 heavy (non-hydrogen) atoms. The number of anilines is 1. The first-order valence-electron chi connectivity index (χ1n) is 6.08. The van der Waals surface area contributed by atoms with Gasteiger partial charge in [0.1, 0.15) is 0 Å². The Balaban J connectivity index is 2.73. The summed E-state index contributed by atoms with van der Waals surface area (Å²) in [6.07, 6.45) is 2.98. The summed E-state index contributed by atoms with van der Waals surface area (Å²) < 4.78 is 0. The lowest BCUT2D eigenvalue weighted by molar-refractivity contribution is 0.413. The monoisotopic (exact) mass is 255 g/mol. The van der Waals surface area contributed by atoms with Gasteiger partial charge in [0.15, 0.2) is 0 Å². The van der Waals surface area contributed by atoms with Gasteiger partial charge in [0.2, 0.25) is 0 Å². The van der Waals surface area contributed by atoms with E-state index in [0.29, 0.717) is 5.88 Å². The zero-order valence-corrected chi connectivity index (χ0v) is 11.7. The summed E-state index contributed by atoms with van der Waals surface area (Å²) in [4.78, 5) is 8.81. The first-order valence-corrected chi connectivity index (χ1v) is 6.61. The molecule has 0 fully saturated rings. The summed E-state index contributed by atoms with van der Waals surface area (Å²) in [5.41, 5.74) is 2.16. The van der Waals surface area contributed by atoms with Gasteiger partial charge in [-0.05, 0) is 32.6 Å². The highest BCUT2D eigenvalue weighted by Gasteiger charge is 2.06. The van der Waals surface area contributed by atoms with Crippen LogP contribution in [0.25, 0.3) is 0 Å². The molecule has 0 saturated carbocycles. The van der Waals surface area contributed by atoms with Crippen LogP contribution in [0.3, 0.4) is 0 Å². The second-order valence-corrected chi connectivity index (χ2v) is 4.70. The molecule has 0 unspecified atom stereocenters. The minimum atomic E-state index is 0.474. The standard InChI is InChI=1S/C13H22ClN3/c1-4-7-17(9-8-16(2)3)13-5-6-15-12(10-13)11-14/h5-6,10H,4,7-9,11H2,1-3H3. The highest BCUT2D eigenvalue weighted by Crippen LogP contribution is 2.15. The van der Waals surface area contributed by atoms with E-state index in [2.05, 4.69) is 47.9 Å². The molecule has 4 heteroatoms. The second kappa shape index (κ2) is 7.51. The highest BCUT2D eigenvalue weighted by atomic mass is 35.5. The van der Waals surface area contributed by atoms with Crippen molar-refractivity contribution in [1.29, 1.82) is 0 Å². The van der Waals surface area contributed by atoms with Crippen molar-refractivity contribution in [3.8, 4) is 0 Å². The third-order valence-electron chi connectivity index (χ3n) is 2.61. The van der Waals surface area contributed by atoms with E-state index in [1.165, 1.54) is 5.69 Å². The number of pyridine rings is 1. The third kappa shape index (κ3) is 4.92. The number of hydrogen-bond donors (Lipinski definition) is 0. The molecular formula is C13H22ClN3. The summed E-state index contributed by atoms with van der Waals surface area (Å²) >= 11 is 5.82. The molecular weight excluding hydrogens is 234 g/mol. The number of alkyl halides is 1. The molecule has 1 aromatic heterocycles. The second-order valence-electron chi connectivity index (χ2n) is 4.43. The van der Waals surface area contributed by atoms with Gasteiger partial charge in [-0.1, -0.05) is 6.92 Å². The molecule has 3 nitrogen and oxygen atoms in total. The van der Waals surface area contributed by atoms with Gasteiger partial charge in [0.05, 0.1) is 11.6 Å². The number of aromatic nitrogens is 1. The average Bonchev–Trinajstić information content (AvgIpc) is 2.34. The van der Waals surface area contributed by atoms with Crippen molar-refractivity contribution in [1.82, 2.24) is 9.88 Å². The minimum absolute atomic E-state index is 0.474. The Hall–Kier alpha value is -0.800. The van der Waals surface area contributed by atoms with Crippen LogP contribution in [-0.2, 0) is 5.88 Å². The van der Waals surface area contributed by atoms with E-state index in [4.69, 9.17) is 11.6 Å². The number of likely N-dealkylation sites (N-methyl/N-ethyl adjacent to an activating group) is 1. The first kappa shape index (κ1) is 14.3. The molecule has 0 bridgehead atoms. The largest absolute Gasteiger partial charge is 0.370 e. The van der Waals surface area contributed by atoms with Crippen LogP contribution in [0.15, 0.2) is 18.3 Å². The highest BCUT2D eigenvalue weighted by molar-refractivity contribution is 6.16. The lowest BCUT2D eigenvalue weighted by Gasteiger charge is -2.26. The first-order chi connectivity index (χ1) is 8.17. The average molecular weight is 256 g/mol. The zero-order chi connectivity index (χ0) is 12.7. The van der Waals surface area contributed by atoms with Gasteiger partial charge in [-0.3, -0.25) is 4.98 Å². The fourth-order valence-corrected chi connectivity index (χ4v) is 1.84. The van der Waals surface area contributed by atoms with Gasteiger partial charge < -0.3 is 9.80 Å². The predicted molar refractivity (Wildman–Crippen MR) is 74.9 cm³/mol. The molecule has 0 aliphatic carbocycles. The molecule has 0 aliphatic rings. The maximum Gasteiger partial charge on any atom is 0.0648 e. The number of rotatable bonds is 7. The smallest absolute Gasteiger partial charge is 0.0648 e. The van der Waals surface area contributed by atoms with Crippen LogP contribution < -0.4 is 4.90 Å². The molecule has 0 saturated heterocycles. The van der Waals surface area contributed by atoms with Crippen LogP contribution in [0.2, 0.25) is 0 Å². The van der Waals surface area contributed by atoms with Crippen molar-refractivity contribution < 1.29 is 0 Å². The molecule has 1 rings (SSSR count). The van der Waals surface area contributed by atoms with Crippen molar-refractivity contribution in [2.75, 3.05) is 38.6 Å². The predicted octanol–water partition coefficient (Wildman–Crippen LogP) is 2.60. The van der Waals surface area contributed by atoms with Gasteiger partial charge in [-0.15, -0.1) is 11.6 Å². The molecule has 1 aromatic rings. The van der Waals surface area contributed by atoms with Gasteiger partial charge in [0, 0.05) is 31.5 Å². The molecule has 0 amide bonds. The normalized spacial score (nSPS) is 10.9. The van der Waals surface area contributed by atoms with Crippen LogP contribution in [0.1, 0.15) is 19.0 Å². The van der Waals surface area contributed by atoms with E-state index in [0.717, 1.165) is 31.7 Å². The number of halogens is 1. The Morgan fingerprint density at radius 1 is 1.24 bits per heavy atom. The third-order valence-corrected chi connectivity index (χ3v) is 2.89. The Morgan fingerprint density at radius 2 is 2.00 bits per heavy atom. The van der Waals surface area contributed by atoms with Gasteiger partial charge in [-0.25, -0.2) is 0 Å². The quantitative estimate of drug-likeness (QED) is 0.699. The Morgan fingerprint density at radius 3 is 2.59 bits per heavy atom. The molecule has 0 N–H and O–H groups in total. The van der Waals surface area contributed by atoms with E-state index >= 15 is 0 Å². The molecule has 0 aliphatic heterocycles. The van der Waals surface area contributed by atoms with Crippen molar-refractivity contribution in [3.05, 3.63) is 24.0 Å². The lowest BCUT2D eigenvalue weighted by Crippen LogP contribution is -2.32. The van der Waals surface area contributed by atoms with Crippen molar-refractivity contribution in [2.45, 2.75) is 19.2 Å². The zero-order valence-electron chi connectivity index (χ0n) is 11.0. The summed E-state index contributed by atoms with van der Waals surface area (Å²) in [5, 5.41) is 0. The van der Waals surface area contributed by atoms with Crippen LogP contribution in [0.4, 0.5) is 5.69 Å². The van der Waals surface area contributed by atoms with Crippen LogP contribution in [0, 0.1) is 0 Å². The summed E-state index contributed by atoms with van der Waals surface area (Å²) in [6.45, 7) is 5.36. The SMILES string of the molecule is CCCN(CCN(C)C)c1ccnc(CCl)c1. The topological polar surface area (TPSA) is 19.4 Å². The van der Waals surface area contributed by atoms with Crippen LogP contribution >= 0.6 is 11.6 Å². The van der Waals surface area contributed by atoms with Gasteiger partial charge in [-0.2, -0.15) is 0 Å². The van der Waals surface area contributed by atoms with Gasteiger partial charge in [0.25, 0.3) is 0 Å². The Bertz CT molecular complexity index is 328. The van der Waals surface area contributed by atoms with Crippen molar-refractivity contribution in [2.24, 2.45) is 0 Å². The Kier molecular flexibility index (Phi) is 6.30. The maximum atomic E-state index is 5.82. The molecule has 0 spiro atoms. The van der Waals surface area contributed by atoms with Crippen molar-refractivity contribution in [3.63, 3.8) is 0 Å². The van der Waals surface area contributed by atoms with Crippen LogP contribution in [0.5, 0.6) is 0 Å². The van der Waals surface area contributed by atoms with E-state index in [1.807, 2.05) is 6.20 Å². The molecule has 1 heterocycles. The van der Waals surface area contributed by atoms with E-state index in [-0.39, 0.29) is 0 Å². The molecule has 96 valence electrons. The van der Waals surface area contributed by atoms with E-state index in [9.17, 15) is 0 Å². The molecule has 0 radical (unpaired) electrons. The van der Waals surface area contributed by atoms with E-state index < -0.39 is 0 Å². The Labute approximate surface area is 109 Å². The minimum Gasteiger partial charge on any atom is -0.370 e. The summed E-state index contributed by atoms with van der Waals surface area (Å²) in [6, 6.07) is 4.14. The molecule has 0 atom stereocenters. The fourth-order valence-electron chi connectivity index (χ4n) is 1.70. The summed E-state index contributed by atoms with van der Waals surface area (Å²) in [7, 11) is 4.20. The van der Waals surface area contributed by atoms with Gasteiger partial charge >= 0.3 is 0 Å². The lowest BCUT2D eigenvalue weighted by atomic mass is 10.2. The van der Waals surface area contributed by atoms with Crippen LogP contribution in [-0.4, -0.2) is 43.6 Å².